The van der Waals surface area contributed by atoms with Gasteiger partial charge in [-0.1, -0.05) is 53.4 Å². The smallest absolute Gasteiger partial charge is 0.276 e. The molecular weight excluding hydrogens is 388 g/mol. The Kier molecular flexibility index (Phi) is 7.34. The maximum atomic E-state index is 12.5. The van der Waals surface area contributed by atoms with Crippen LogP contribution in [0.3, 0.4) is 0 Å². The van der Waals surface area contributed by atoms with E-state index in [9.17, 15) is 9.59 Å². The van der Waals surface area contributed by atoms with Gasteiger partial charge in [0.2, 0.25) is 5.91 Å². The average Bonchev–Trinajstić information content (AvgIpc) is 3.22. The highest BCUT2D eigenvalue weighted by Gasteiger charge is 2.16. The van der Waals surface area contributed by atoms with Crippen LogP contribution >= 0.6 is 11.8 Å². The Hall–Kier alpha value is -3.20. The third-order valence-electron chi connectivity index (χ3n) is 4.02. The predicted octanol–water partition coefficient (Wildman–Crippen LogP) is 1.85. The maximum absolute atomic E-state index is 12.5. The summed E-state index contributed by atoms with van der Waals surface area (Å²) in [6.45, 7) is 1.33. The van der Waals surface area contributed by atoms with Gasteiger partial charge >= 0.3 is 0 Å². The zero-order valence-corrected chi connectivity index (χ0v) is 16.9. The summed E-state index contributed by atoms with van der Waals surface area (Å²) < 4.78 is 1.55. The van der Waals surface area contributed by atoms with E-state index in [-0.39, 0.29) is 17.5 Å². The Labute approximate surface area is 173 Å². The number of thioether (sulfide) groups is 1. The second-order valence-corrected chi connectivity index (χ2v) is 7.32. The molecule has 9 heteroatoms. The number of amides is 2. The van der Waals surface area contributed by atoms with Crippen LogP contribution in [0.1, 0.15) is 16.1 Å². The van der Waals surface area contributed by atoms with E-state index in [1.165, 1.54) is 11.8 Å². The van der Waals surface area contributed by atoms with Gasteiger partial charge in [-0.25, -0.2) is 9.67 Å². The molecule has 8 nitrogen and oxygen atoms in total. The second kappa shape index (κ2) is 10.4. The minimum atomic E-state index is -0.198. The van der Waals surface area contributed by atoms with Gasteiger partial charge in [0.1, 0.15) is 0 Å². The fourth-order valence-corrected chi connectivity index (χ4v) is 3.25. The molecule has 0 radical (unpaired) electrons. The predicted molar refractivity (Wildman–Crippen MR) is 110 cm³/mol. The van der Waals surface area contributed by atoms with Crippen LogP contribution in [0.25, 0.3) is 0 Å². The molecule has 0 spiro atoms. The van der Waals surface area contributed by atoms with Crippen LogP contribution < -0.4 is 5.32 Å². The fraction of sp³-hybridized carbons (Fsp3) is 0.250. The van der Waals surface area contributed by atoms with Crippen molar-refractivity contribution in [2.24, 2.45) is 0 Å². The van der Waals surface area contributed by atoms with E-state index in [0.29, 0.717) is 25.4 Å². The lowest BCUT2D eigenvalue weighted by Gasteiger charge is -2.15. The van der Waals surface area contributed by atoms with E-state index in [4.69, 9.17) is 0 Å². The molecule has 3 rings (SSSR count). The van der Waals surface area contributed by atoms with Crippen molar-refractivity contribution in [3.8, 4) is 0 Å². The first-order valence-corrected chi connectivity index (χ1v) is 10.1. The van der Waals surface area contributed by atoms with Gasteiger partial charge in [0, 0.05) is 26.3 Å². The molecule has 0 fully saturated rings. The largest absolute Gasteiger partial charge is 0.354 e. The van der Waals surface area contributed by atoms with Crippen LogP contribution in [0.15, 0.2) is 66.0 Å². The number of carbonyl (C=O) groups excluding carboxylic acids is 2. The summed E-state index contributed by atoms with van der Waals surface area (Å²) in [4.78, 5) is 30.2. The number of rotatable bonds is 9. The molecule has 3 aromatic rings. The molecule has 0 aliphatic carbocycles. The number of nitrogens with one attached hydrogen (secondary N) is 1. The van der Waals surface area contributed by atoms with E-state index in [1.54, 1.807) is 29.0 Å². The first-order chi connectivity index (χ1) is 14.1. The molecule has 29 heavy (non-hydrogen) atoms. The first-order valence-electron chi connectivity index (χ1n) is 9.12. The van der Waals surface area contributed by atoms with Gasteiger partial charge in [0.15, 0.2) is 5.69 Å². The molecule has 0 unspecified atom stereocenters. The minimum Gasteiger partial charge on any atom is -0.354 e. The highest BCUT2D eigenvalue weighted by atomic mass is 32.2. The summed E-state index contributed by atoms with van der Waals surface area (Å²) in [6, 6.07) is 15.3. The van der Waals surface area contributed by atoms with E-state index < -0.39 is 0 Å². The lowest BCUT2D eigenvalue weighted by Crippen LogP contribution is -2.29. The van der Waals surface area contributed by atoms with Gasteiger partial charge in [0.25, 0.3) is 5.91 Å². The number of hydrogen-bond acceptors (Lipinski definition) is 6. The van der Waals surface area contributed by atoms with Crippen molar-refractivity contribution in [1.82, 2.24) is 30.2 Å². The first kappa shape index (κ1) is 20.5. The number of benzene rings is 1. The zero-order valence-electron chi connectivity index (χ0n) is 16.1. The summed E-state index contributed by atoms with van der Waals surface area (Å²) in [5.41, 5.74) is 1.32. The number of nitrogens with zero attached hydrogens (tertiary/aromatic N) is 5. The second-order valence-electron chi connectivity index (χ2n) is 6.32. The van der Waals surface area contributed by atoms with Gasteiger partial charge in [0.05, 0.1) is 23.5 Å². The molecule has 1 N–H and O–H groups in total. The van der Waals surface area contributed by atoms with Crippen molar-refractivity contribution in [3.63, 3.8) is 0 Å². The van der Waals surface area contributed by atoms with Crippen molar-refractivity contribution < 1.29 is 9.59 Å². The van der Waals surface area contributed by atoms with Gasteiger partial charge < -0.3 is 10.2 Å². The summed E-state index contributed by atoms with van der Waals surface area (Å²) in [6.07, 6.45) is 3.29. The van der Waals surface area contributed by atoms with Crippen LogP contribution in [-0.4, -0.2) is 56.0 Å². The Bertz CT molecular complexity index is 932. The van der Waals surface area contributed by atoms with Gasteiger partial charge in [-0.2, -0.15) is 0 Å². The standard InChI is InChI=1S/C20H22N6O2S/c1-25(13-16-7-3-2-4-8-16)20(28)17-14-26(24-23-17)12-11-21-18(27)15-29-19-9-5-6-10-22-19/h2-10,14H,11-13,15H2,1H3,(H,21,27). The maximum Gasteiger partial charge on any atom is 0.276 e. The molecule has 150 valence electrons. The third kappa shape index (κ3) is 6.42. The van der Waals surface area contributed by atoms with Crippen LogP contribution in [0.2, 0.25) is 0 Å². The highest BCUT2D eigenvalue weighted by Crippen LogP contribution is 2.13. The SMILES string of the molecule is CN(Cc1ccccc1)C(=O)c1cn(CCNC(=O)CSc2ccccn2)nn1. The Morgan fingerprint density at radius 3 is 2.69 bits per heavy atom. The van der Waals surface area contributed by atoms with E-state index in [1.807, 2.05) is 48.5 Å². The van der Waals surface area contributed by atoms with Gasteiger partial charge in [-0.3, -0.25) is 9.59 Å². The molecule has 0 atom stereocenters. The molecule has 2 aromatic heterocycles. The molecule has 0 aliphatic heterocycles. The molecule has 0 aliphatic rings. The molecule has 0 saturated heterocycles. The van der Waals surface area contributed by atoms with Crippen molar-refractivity contribution in [2.45, 2.75) is 18.1 Å². The fourth-order valence-electron chi connectivity index (χ4n) is 2.56. The number of pyridine rings is 1. The van der Waals surface area contributed by atoms with Gasteiger partial charge in [-0.05, 0) is 17.7 Å². The van der Waals surface area contributed by atoms with Crippen LogP contribution in [-0.2, 0) is 17.9 Å². The van der Waals surface area contributed by atoms with Crippen LogP contribution in [0.5, 0.6) is 0 Å². The zero-order chi connectivity index (χ0) is 20.5. The lowest BCUT2D eigenvalue weighted by molar-refractivity contribution is -0.118. The number of aromatic nitrogens is 4. The molecular formula is C20H22N6O2S. The summed E-state index contributed by atoms with van der Waals surface area (Å²) in [5, 5.41) is 11.5. The molecule has 0 saturated carbocycles. The third-order valence-corrected chi connectivity index (χ3v) is 4.96. The van der Waals surface area contributed by atoms with E-state index in [2.05, 4.69) is 20.6 Å². The highest BCUT2D eigenvalue weighted by molar-refractivity contribution is 7.99. The number of carbonyl (C=O) groups is 2. The average molecular weight is 411 g/mol. The van der Waals surface area contributed by atoms with Gasteiger partial charge in [-0.15, -0.1) is 5.10 Å². The minimum absolute atomic E-state index is 0.0836. The van der Waals surface area contributed by atoms with Crippen molar-refractivity contribution >= 4 is 23.6 Å². The number of hydrogen-bond donors (Lipinski definition) is 1. The molecule has 2 heterocycles. The van der Waals surface area contributed by atoms with Crippen molar-refractivity contribution in [1.29, 1.82) is 0 Å². The van der Waals surface area contributed by atoms with Crippen molar-refractivity contribution in [2.75, 3.05) is 19.3 Å². The summed E-state index contributed by atoms with van der Waals surface area (Å²) in [5.74, 6) is 0.0121. The monoisotopic (exact) mass is 410 g/mol. The Balaban J connectivity index is 1.41. The molecule has 2 amide bonds. The van der Waals surface area contributed by atoms with Crippen LogP contribution in [0, 0.1) is 0 Å². The topological polar surface area (TPSA) is 93.0 Å². The van der Waals surface area contributed by atoms with Crippen LogP contribution in [0.4, 0.5) is 0 Å². The Morgan fingerprint density at radius 1 is 1.14 bits per heavy atom. The lowest BCUT2D eigenvalue weighted by atomic mass is 10.2. The van der Waals surface area contributed by atoms with Crippen molar-refractivity contribution in [3.05, 3.63) is 72.2 Å². The molecule has 1 aromatic carbocycles. The molecule has 0 bridgehead atoms. The van der Waals surface area contributed by atoms with E-state index in [0.717, 1.165) is 10.6 Å². The Morgan fingerprint density at radius 2 is 1.93 bits per heavy atom. The normalized spacial score (nSPS) is 10.5. The summed E-state index contributed by atoms with van der Waals surface area (Å²) in [7, 11) is 1.73. The summed E-state index contributed by atoms with van der Waals surface area (Å²) >= 11 is 1.38. The van der Waals surface area contributed by atoms with E-state index >= 15 is 0 Å². The quantitative estimate of drug-likeness (QED) is 0.541.